The number of carbonyl (C=O) groups excluding carboxylic acids is 2. The highest BCUT2D eigenvalue weighted by molar-refractivity contribution is 7.12. The van der Waals surface area contributed by atoms with Gasteiger partial charge in [0.05, 0.1) is 23.3 Å². The maximum absolute atomic E-state index is 12.1. The third-order valence-corrected chi connectivity index (χ3v) is 5.69. The van der Waals surface area contributed by atoms with E-state index in [-0.39, 0.29) is 12.5 Å². The predicted octanol–water partition coefficient (Wildman–Crippen LogP) is 2.09. The standard InChI is InChI=1S/C17H22N4O3S/c1-16(2)7-9-12(14(18)22)11(25-13(9)17(3,4)24-16)8-19-15(23)10-5-6-20-21-10/h5-6H,7-8H2,1-4H3,(H2,18,22)(H,19,23)(H,20,21). The number of rotatable bonds is 4. The van der Waals surface area contributed by atoms with Gasteiger partial charge in [-0.15, -0.1) is 11.3 Å². The van der Waals surface area contributed by atoms with Crippen molar-refractivity contribution in [2.45, 2.75) is 51.9 Å². The second kappa shape index (κ2) is 5.96. The van der Waals surface area contributed by atoms with E-state index in [1.54, 1.807) is 12.3 Å². The number of nitrogens with zero attached hydrogens (tertiary/aromatic N) is 1. The van der Waals surface area contributed by atoms with Gasteiger partial charge in [0, 0.05) is 22.4 Å². The minimum Gasteiger partial charge on any atom is -0.366 e. The topological polar surface area (TPSA) is 110 Å². The summed E-state index contributed by atoms with van der Waals surface area (Å²) in [6, 6.07) is 1.59. The van der Waals surface area contributed by atoms with E-state index < -0.39 is 17.1 Å². The molecule has 2 aromatic rings. The van der Waals surface area contributed by atoms with Crippen LogP contribution in [0.5, 0.6) is 0 Å². The number of hydrogen-bond donors (Lipinski definition) is 3. The molecule has 8 heteroatoms. The van der Waals surface area contributed by atoms with E-state index in [2.05, 4.69) is 15.5 Å². The highest BCUT2D eigenvalue weighted by atomic mass is 32.1. The first-order valence-electron chi connectivity index (χ1n) is 8.04. The second-order valence-corrected chi connectivity index (χ2v) is 8.37. The lowest BCUT2D eigenvalue weighted by atomic mass is 9.86. The molecule has 2 amide bonds. The zero-order valence-corrected chi connectivity index (χ0v) is 15.5. The molecule has 1 aliphatic heterocycles. The number of ether oxygens (including phenoxy) is 1. The largest absolute Gasteiger partial charge is 0.366 e. The molecule has 0 saturated carbocycles. The van der Waals surface area contributed by atoms with Crippen molar-refractivity contribution in [3.8, 4) is 0 Å². The maximum Gasteiger partial charge on any atom is 0.272 e. The first-order valence-corrected chi connectivity index (χ1v) is 8.85. The van der Waals surface area contributed by atoms with Gasteiger partial charge in [-0.25, -0.2) is 0 Å². The Labute approximate surface area is 149 Å². The number of primary amides is 1. The Kier molecular flexibility index (Phi) is 4.20. The van der Waals surface area contributed by atoms with Gasteiger partial charge in [-0.05, 0) is 39.3 Å². The fraction of sp³-hybridized carbons (Fsp3) is 0.471. The molecule has 0 atom stereocenters. The lowest BCUT2D eigenvalue weighted by Gasteiger charge is -2.41. The summed E-state index contributed by atoms with van der Waals surface area (Å²) in [4.78, 5) is 25.9. The number of nitrogens with two attached hydrogens (primary N) is 1. The van der Waals surface area contributed by atoms with E-state index in [0.29, 0.717) is 17.7 Å². The molecule has 0 aromatic carbocycles. The van der Waals surface area contributed by atoms with Crippen LogP contribution in [0.2, 0.25) is 0 Å². The van der Waals surface area contributed by atoms with Gasteiger partial charge in [0.15, 0.2) is 0 Å². The summed E-state index contributed by atoms with van der Waals surface area (Å²) in [5.41, 5.74) is 6.49. The highest BCUT2D eigenvalue weighted by Gasteiger charge is 2.42. The van der Waals surface area contributed by atoms with Gasteiger partial charge in [-0.2, -0.15) is 5.10 Å². The number of aromatic amines is 1. The molecule has 2 aromatic heterocycles. The number of carbonyl (C=O) groups is 2. The zero-order valence-electron chi connectivity index (χ0n) is 14.7. The number of amides is 2. The molecule has 7 nitrogen and oxygen atoms in total. The Balaban J connectivity index is 1.94. The average Bonchev–Trinajstić information content (AvgIpc) is 3.09. The Bertz CT molecular complexity index is 821. The van der Waals surface area contributed by atoms with Crippen LogP contribution in [0.3, 0.4) is 0 Å². The van der Waals surface area contributed by atoms with Crippen molar-refractivity contribution in [1.82, 2.24) is 15.5 Å². The molecule has 0 bridgehead atoms. The van der Waals surface area contributed by atoms with Gasteiger partial charge in [-0.3, -0.25) is 14.7 Å². The lowest BCUT2D eigenvalue weighted by Crippen LogP contribution is -2.42. The molecule has 0 unspecified atom stereocenters. The van der Waals surface area contributed by atoms with E-state index in [1.807, 2.05) is 27.7 Å². The molecule has 3 heterocycles. The summed E-state index contributed by atoms with van der Waals surface area (Å²) in [5, 5.41) is 9.24. The van der Waals surface area contributed by atoms with Gasteiger partial charge in [0.1, 0.15) is 5.69 Å². The van der Waals surface area contributed by atoms with Crippen LogP contribution < -0.4 is 11.1 Å². The summed E-state index contributed by atoms with van der Waals surface area (Å²) >= 11 is 1.47. The molecule has 1 aliphatic rings. The van der Waals surface area contributed by atoms with Gasteiger partial charge in [0.2, 0.25) is 5.91 Å². The Morgan fingerprint density at radius 2 is 2.12 bits per heavy atom. The van der Waals surface area contributed by atoms with Crippen LogP contribution in [-0.2, 0) is 23.3 Å². The number of fused-ring (bicyclic) bond motifs is 1. The molecule has 0 aliphatic carbocycles. The van der Waals surface area contributed by atoms with Crippen LogP contribution in [0, 0.1) is 0 Å². The quantitative estimate of drug-likeness (QED) is 0.773. The van der Waals surface area contributed by atoms with Gasteiger partial charge >= 0.3 is 0 Å². The van der Waals surface area contributed by atoms with Crippen LogP contribution in [0.1, 0.15) is 63.9 Å². The summed E-state index contributed by atoms with van der Waals surface area (Å²) < 4.78 is 6.18. The Morgan fingerprint density at radius 3 is 2.72 bits per heavy atom. The summed E-state index contributed by atoms with van der Waals surface area (Å²) in [7, 11) is 0. The molecule has 0 fully saturated rings. The monoisotopic (exact) mass is 362 g/mol. The maximum atomic E-state index is 12.1. The SMILES string of the molecule is CC1(C)Cc2c(sc(CNC(=O)c3cc[nH]n3)c2C(N)=O)C(C)(C)O1. The molecule has 4 N–H and O–H groups in total. The molecule has 134 valence electrons. The smallest absolute Gasteiger partial charge is 0.272 e. The minimum atomic E-state index is -0.517. The van der Waals surface area contributed by atoms with E-state index >= 15 is 0 Å². The molecular formula is C17H22N4O3S. The third-order valence-electron chi connectivity index (χ3n) is 4.15. The van der Waals surface area contributed by atoms with Crippen molar-refractivity contribution >= 4 is 23.2 Å². The normalized spacial score (nSPS) is 17.8. The second-order valence-electron chi connectivity index (χ2n) is 7.26. The minimum absolute atomic E-state index is 0.220. The Hall–Kier alpha value is -2.19. The summed E-state index contributed by atoms with van der Waals surface area (Å²) in [6.45, 7) is 8.19. The fourth-order valence-corrected chi connectivity index (χ4v) is 4.72. The summed E-state index contributed by atoms with van der Waals surface area (Å²) in [6.07, 6.45) is 2.18. The number of aromatic nitrogens is 2. The van der Waals surface area contributed by atoms with Crippen molar-refractivity contribution in [3.63, 3.8) is 0 Å². The van der Waals surface area contributed by atoms with Crippen LogP contribution in [0.4, 0.5) is 0 Å². The molecule has 0 spiro atoms. The molecule has 0 radical (unpaired) electrons. The van der Waals surface area contributed by atoms with Gasteiger partial charge in [-0.1, -0.05) is 0 Å². The molecule has 3 rings (SSSR count). The number of thiophene rings is 1. The van der Waals surface area contributed by atoms with Crippen molar-refractivity contribution in [2.75, 3.05) is 0 Å². The van der Waals surface area contributed by atoms with Crippen molar-refractivity contribution in [2.24, 2.45) is 5.73 Å². The molecular weight excluding hydrogens is 340 g/mol. The number of hydrogen-bond acceptors (Lipinski definition) is 5. The fourth-order valence-electron chi connectivity index (χ4n) is 3.42. The van der Waals surface area contributed by atoms with Gasteiger partial charge in [0.25, 0.3) is 5.91 Å². The van der Waals surface area contributed by atoms with E-state index in [1.165, 1.54) is 11.3 Å². The zero-order chi connectivity index (χ0) is 18.4. The van der Waals surface area contributed by atoms with E-state index in [0.717, 1.165) is 15.3 Å². The van der Waals surface area contributed by atoms with Gasteiger partial charge < -0.3 is 15.8 Å². The van der Waals surface area contributed by atoms with Crippen LogP contribution in [0.15, 0.2) is 12.3 Å². The predicted molar refractivity (Wildman–Crippen MR) is 94.5 cm³/mol. The summed E-state index contributed by atoms with van der Waals surface area (Å²) in [5.74, 6) is -0.783. The number of nitrogens with one attached hydrogen (secondary N) is 2. The lowest BCUT2D eigenvalue weighted by molar-refractivity contribution is -0.135. The molecule has 0 saturated heterocycles. The van der Waals surface area contributed by atoms with Crippen molar-refractivity contribution < 1.29 is 14.3 Å². The van der Waals surface area contributed by atoms with Crippen LogP contribution >= 0.6 is 11.3 Å². The third kappa shape index (κ3) is 3.32. The molecule has 25 heavy (non-hydrogen) atoms. The first kappa shape index (κ1) is 17.6. The van der Waals surface area contributed by atoms with Crippen molar-refractivity contribution in [3.05, 3.63) is 38.8 Å². The Morgan fingerprint density at radius 1 is 1.40 bits per heavy atom. The van der Waals surface area contributed by atoms with E-state index in [4.69, 9.17) is 10.5 Å². The van der Waals surface area contributed by atoms with Crippen molar-refractivity contribution in [1.29, 1.82) is 0 Å². The first-order chi connectivity index (χ1) is 11.6. The van der Waals surface area contributed by atoms with Crippen LogP contribution in [-0.4, -0.2) is 27.6 Å². The number of H-pyrrole nitrogens is 1. The van der Waals surface area contributed by atoms with E-state index in [9.17, 15) is 9.59 Å². The average molecular weight is 362 g/mol. The highest BCUT2D eigenvalue weighted by Crippen LogP contribution is 2.46. The van der Waals surface area contributed by atoms with Crippen LogP contribution in [0.25, 0.3) is 0 Å².